The van der Waals surface area contributed by atoms with Crippen molar-refractivity contribution in [3.63, 3.8) is 0 Å². The van der Waals surface area contributed by atoms with Gasteiger partial charge in [-0.05, 0) is 48.4 Å². The van der Waals surface area contributed by atoms with Gasteiger partial charge >= 0.3 is 0 Å². The van der Waals surface area contributed by atoms with E-state index in [1.54, 1.807) is 26.2 Å². The molecule has 0 aliphatic carbocycles. The Labute approximate surface area is 149 Å². The summed E-state index contributed by atoms with van der Waals surface area (Å²) in [5.41, 5.74) is 2.78. The van der Waals surface area contributed by atoms with Gasteiger partial charge in [-0.15, -0.1) is 0 Å². The molecular weight excluding hydrogens is 336 g/mol. The molecular formula is C19H20N2OS2. The van der Waals surface area contributed by atoms with E-state index in [2.05, 4.69) is 6.92 Å². The summed E-state index contributed by atoms with van der Waals surface area (Å²) in [6.45, 7) is 4.23. The van der Waals surface area contributed by atoms with E-state index in [4.69, 9.17) is 4.98 Å². The third-order valence-electron chi connectivity index (χ3n) is 3.75. The van der Waals surface area contributed by atoms with Crippen LogP contribution in [-0.4, -0.2) is 15.3 Å². The molecule has 24 heavy (non-hydrogen) atoms. The summed E-state index contributed by atoms with van der Waals surface area (Å²) in [7, 11) is 3.34. The minimum absolute atomic E-state index is 0.0111. The number of hydrogen-bond acceptors (Lipinski definition) is 4. The highest BCUT2D eigenvalue weighted by molar-refractivity contribution is 8.76. The largest absolute Gasteiger partial charge is 0.268 e. The van der Waals surface area contributed by atoms with E-state index in [1.165, 1.54) is 18.4 Å². The van der Waals surface area contributed by atoms with Crippen LogP contribution in [0.1, 0.15) is 25.3 Å². The van der Waals surface area contributed by atoms with Crippen LogP contribution in [0.2, 0.25) is 0 Å². The molecule has 0 aliphatic rings. The normalized spacial score (nSPS) is 11.1. The number of aryl methyl sites for hydroxylation is 1. The second-order valence-corrected chi connectivity index (χ2v) is 8.03. The Morgan fingerprint density at radius 1 is 1.08 bits per heavy atom. The maximum atomic E-state index is 13.0. The predicted molar refractivity (Wildman–Crippen MR) is 105 cm³/mol. The minimum atomic E-state index is -0.0111. The van der Waals surface area contributed by atoms with Gasteiger partial charge in [0.25, 0.3) is 5.56 Å². The molecule has 0 spiro atoms. The second kappa shape index (κ2) is 7.90. The molecule has 5 heteroatoms. The summed E-state index contributed by atoms with van der Waals surface area (Å²) in [4.78, 5) is 17.8. The van der Waals surface area contributed by atoms with Crippen molar-refractivity contribution >= 4 is 32.5 Å². The fraction of sp³-hybridized carbons (Fsp3) is 0.263. The van der Waals surface area contributed by atoms with Gasteiger partial charge in [0, 0.05) is 5.75 Å². The van der Waals surface area contributed by atoms with Crippen molar-refractivity contribution in [2.45, 2.75) is 31.8 Å². The van der Waals surface area contributed by atoms with Crippen molar-refractivity contribution in [3.05, 3.63) is 64.4 Å². The maximum Gasteiger partial charge on any atom is 0.266 e. The smallest absolute Gasteiger partial charge is 0.266 e. The van der Waals surface area contributed by atoms with Crippen LogP contribution in [-0.2, 0) is 0 Å². The molecule has 0 saturated heterocycles. The van der Waals surface area contributed by atoms with Gasteiger partial charge in [0.1, 0.15) is 0 Å². The number of benzene rings is 2. The molecule has 3 nitrogen and oxygen atoms in total. The zero-order chi connectivity index (χ0) is 16.9. The molecule has 0 unspecified atom stereocenters. The zero-order valence-electron chi connectivity index (χ0n) is 13.9. The lowest BCUT2D eigenvalue weighted by atomic mass is 10.2. The lowest BCUT2D eigenvalue weighted by molar-refractivity contribution is 0.823. The van der Waals surface area contributed by atoms with Crippen LogP contribution in [0.15, 0.2) is 58.5 Å². The Kier molecular flexibility index (Phi) is 5.63. The lowest BCUT2D eigenvalue weighted by Gasteiger charge is -2.13. The molecule has 124 valence electrons. The van der Waals surface area contributed by atoms with Crippen LogP contribution in [0, 0.1) is 6.92 Å². The van der Waals surface area contributed by atoms with Crippen LogP contribution in [0.3, 0.4) is 0 Å². The Morgan fingerprint density at radius 3 is 2.58 bits per heavy atom. The van der Waals surface area contributed by atoms with Gasteiger partial charge in [-0.25, -0.2) is 4.98 Å². The number of nitrogens with zero attached hydrogens (tertiary/aromatic N) is 2. The molecule has 1 aromatic heterocycles. The Balaban J connectivity index is 2.10. The standard InChI is InChI=1S/C19H20N2OS2/c1-3-4-13-23-24-19-20-17-8-6-5-7-16(17)18(22)21(19)15-11-9-14(2)10-12-15/h5-12H,3-4,13H2,1-2H3. The monoisotopic (exact) mass is 356 g/mol. The van der Waals surface area contributed by atoms with E-state index < -0.39 is 0 Å². The first-order valence-corrected chi connectivity index (χ1v) is 10.4. The number of rotatable bonds is 6. The van der Waals surface area contributed by atoms with Gasteiger partial charge in [0.05, 0.1) is 16.6 Å². The number of hydrogen-bond donors (Lipinski definition) is 0. The molecule has 3 rings (SSSR count). The van der Waals surface area contributed by atoms with Gasteiger partial charge in [-0.3, -0.25) is 9.36 Å². The zero-order valence-corrected chi connectivity index (χ0v) is 15.5. The Hall–Kier alpha value is -1.72. The molecule has 0 amide bonds. The molecule has 3 aromatic rings. The van der Waals surface area contributed by atoms with Crippen molar-refractivity contribution in [1.82, 2.24) is 9.55 Å². The summed E-state index contributed by atoms with van der Waals surface area (Å²) in [6, 6.07) is 15.6. The highest BCUT2D eigenvalue weighted by Gasteiger charge is 2.13. The van der Waals surface area contributed by atoms with E-state index in [0.717, 1.165) is 22.1 Å². The molecule has 0 N–H and O–H groups in total. The Morgan fingerprint density at radius 2 is 1.83 bits per heavy atom. The summed E-state index contributed by atoms with van der Waals surface area (Å²) in [5.74, 6) is 1.05. The number of aromatic nitrogens is 2. The number of unbranched alkanes of at least 4 members (excludes halogenated alkanes) is 1. The maximum absolute atomic E-state index is 13.0. The number of fused-ring (bicyclic) bond motifs is 1. The van der Waals surface area contributed by atoms with Gasteiger partial charge in [0.15, 0.2) is 5.16 Å². The van der Waals surface area contributed by atoms with Gasteiger partial charge in [0.2, 0.25) is 0 Å². The lowest BCUT2D eigenvalue weighted by Crippen LogP contribution is -2.21. The first-order chi connectivity index (χ1) is 11.7. The molecule has 0 aliphatic heterocycles. The van der Waals surface area contributed by atoms with Crippen molar-refractivity contribution in [2.24, 2.45) is 0 Å². The second-order valence-electron chi connectivity index (χ2n) is 5.65. The molecule has 0 fully saturated rings. The minimum Gasteiger partial charge on any atom is -0.268 e. The van der Waals surface area contributed by atoms with Gasteiger partial charge in [-0.2, -0.15) is 0 Å². The first kappa shape index (κ1) is 17.1. The van der Waals surface area contributed by atoms with Crippen LogP contribution >= 0.6 is 21.6 Å². The van der Waals surface area contributed by atoms with E-state index in [0.29, 0.717) is 5.39 Å². The van der Waals surface area contributed by atoms with E-state index >= 15 is 0 Å². The molecule has 1 heterocycles. The fourth-order valence-electron chi connectivity index (χ4n) is 2.39. The van der Waals surface area contributed by atoms with Crippen molar-refractivity contribution in [1.29, 1.82) is 0 Å². The SMILES string of the molecule is CCCCSSc1nc2ccccc2c(=O)n1-c1ccc(C)cc1. The average molecular weight is 357 g/mol. The van der Waals surface area contributed by atoms with E-state index in [-0.39, 0.29) is 5.56 Å². The van der Waals surface area contributed by atoms with Crippen LogP contribution in [0.25, 0.3) is 16.6 Å². The molecule has 2 aromatic carbocycles. The summed E-state index contributed by atoms with van der Waals surface area (Å²) >= 11 is 0. The van der Waals surface area contributed by atoms with Crippen molar-refractivity contribution in [3.8, 4) is 5.69 Å². The van der Waals surface area contributed by atoms with E-state index in [9.17, 15) is 4.79 Å². The predicted octanol–water partition coefficient (Wildman–Crippen LogP) is 5.23. The fourth-order valence-corrected chi connectivity index (χ4v) is 4.64. The topological polar surface area (TPSA) is 34.9 Å². The molecule has 0 radical (unpaired) electrons. The van der Waals surface area contributed by atoms with Crippen molar-refractivity contribution < 1.29 is 0 Å². The Bertz CT molecular complexity index is 888. The van der Waals surface area contributed by atoms with Crippen LogP contribution in [0.4, 0.5) is 0 Å². The first-order valence-electron chi connectivity index (χ1n) is 8.09. The number of para-hydroxylation sites is 1. The average Bonchev–Trinajstić information content (AvgIpc) is 2.60. The summed E-state index contributed by atoms with van der Waals surface area (Å²) < 4.78 is 1.73. The summed E-state index contributed by atoms with van der Waals surface area (Å²) in [5, 5.41) is 1.39. The quantitative estimate of drug-likeness (QED) is 0.344. The molecule has 0 saturated carbocycles. The van der Waals surface area contributed by atoms with Crippen LogP contribution < -0.4 is 5.56 Å². The molecule has 0 atom stereocenters. The highest BCUT2D eigenvalue weighted by Crippen LogP contribution is 2.31. The van der Waals surface area contributed by atoms with E-state index in [1.807, 2.05) is 55.5 Å². The molecule has 0 bridgehead atoms. The summed E-state index contributed by atoms with van der Waals surface area (Å²) in [6.07, 6.45) is 2.34. The van der Waals surface area contributed by atoms with Gasteiger partial charge < -0.3 is 0 Å². The van der Waals surface area contributed by atoms with Crippen molar-refractivity contribution in [2.75, 3.05) is 5.75 Å². The third kappa shape index (κ3) is 3.68. The highest BCUT2D eigenvalue weighted by atomic mass is 33.1. The van der Waals surface area contributed by atoms with Gasteiger partial charge in [-0.1, -0.05) is 54.0 Å². The van der Waals surface area contributed by atoms with Crippen LogP contribution in [0.5, 0.6) is 0 Å². The third-order valence-corrected chi connectivity index (χ3v) is 6.05.